The summed E-state index contributed by atoms with van der Waals surface area (Å²) in [5.74, 6) is 0.0252. The van der Waals surface area contributed by atoms with Gasteiger partial charge in [0.1, 0.15) is 6.04 Å². The van der Waals surface area contributed by atoms with Gasteiger partial charge < -0.3 is 15.4 Å². The molecule has 0 aromatic heterocycles. The zero-order valence-electron chi connectivity index (χ0n) is 16.0. The van der Waals surface area contributed by atoms with Crippen molar-refractivity contribution in [3.05, 3.63) is 58.7 Å². The van der Waals surface area contributed by atoms with Crippen LogP contribution in [0.25, 0.3) is 0 Å². The zero-order chi connectivity index (χ0) is 18.8. The van der Waals surface area contributed by atoms with Crippen molar-refractivity contribution in [3.63, 3.8) is 0 Å². The summed E-state index contributed by atoms with van der Waals surface area (Å²) in [6.07, 6.45) is 0.732. The molecule has 1 unspecified atom stereocenters. The van der Waals surface area contributed by atoms with E-state index < -0.39 is 0 Å². The van der Waals surface area contributed by atoms with Gasteiger partial charge in [0.2, 0.25) is 5.91 Å². The van der Waals surface area contributed by atoms with E-state index in [1.165, 1.54) is 16.7 Å². The SMILES string of the molecule is Cc1cccc2c1NC(C(=O)Nc1cccc(CN3CCOCC3)c1C)C2. The fourth-order valence-corrected chi connectivity index (χ4v) is 3.92. The predicted molar refractivity (Wildman–Crippen MR) is 108 cm³/mol. The molecule has 2 aromatic rings. The first-order chi connectivity index (χ1) is 13.1. The molecule has 27 heavy (non-hydrogen) atoms. The lowest BCUT2D eigenvalue weighted by Gasteiger charge is -2.27. The fraction of sp³-hybridized carbons (Fsp3) is 0.409. The van der Waals surface area contributed by atoms with E-state index in [1.807, 2.05) is 12.1 Å². The molecule has 1 fully saturated rings. The summed E-state index contributed by atoms with van der Waals surface area (Å²) in [6, 6.07) is 12.2. The number of amides is 1. The Bertz CT molecular complexity index is 843. The van der Waals surface area contributed by atoms with Crippen molar-refractivity contribution >= 4 is 17.3 Å². The molecule has 2 heterocycles. The number of rotatable bonds is 4. The number of carbonyl (C=O) groups is 1. The lowest BCUT2D eigenvalue weighted by molar-refractivity contribution is -0.116. The summed E-state index contributed by atoms with van der Waals surface area (Å²) in [5, 5.41) is 6.53. The number of morpholine rings is 1. The number of hydrogen-bond acceptors (Lipinski definition) is 4. The molecule has 0 saturated carbocycles. The van der Waals surface area contributed by atoms with Gasteiger partial charge in [-0.15, -0.1) is 0 Å². The van der Waals surface area contributed by atoms with Crippen LogP contribution in [-0.2, 0) is 22.5 Å². The molecule has 0 aliphatic carbocycles. The highest BCUT2D eigenvalue weighted by Gasteiger charge is 2.28. The molecule has 1 atom stereocenters. The van der Waals surface area contributed by atoms with Crippen LogP contribution in [0.1, 0.15) is 22.3 Å². The maximum Gasteiger partial charge on any atom is 0.247 e. The molecule has 5 nitrogen and oxygen atoms in total. The van der Waals surface area contributed by atoms with E-state index in [1.54, 1.807) is 0 Å². The van der Waals surface area contributed by atoms with Crippen LogP contribution in [0, 0.1) is 13.8 Å². The number of hydrogen-bond donors (Lipinski definition) is 2. The molecule has 0 bridgehead atoms. The van der Waals surface area contributed by atoms with Crippen LogP contribution < -0.4 is 10.6 Å². The normalized spacial score (nSPS) is 19.4. The predicted octanol–water partition coefficient (Wildman–Crippen LogP) is 3.11. The van der Waals surface area contributed by atoms with Crippen LogP contribution >= 0.6 is 0 Å². The molecular formula is C22H27N3O2. The molecule has 2 N–H and O–H groups in total. The molecule has 5 heteroatoms. The number of para-hydroxylation sites is 1. The number of anilines is 2. The Morgan fingerprint density at radius 3 is 2.74 bits per heavy atom. The molecule has 142 valence electrons. The first-order valence-electron chi connectivity index (χ1n) is 9.66. The number of fused-ring (bicyclic) bond motifs is 1. The number of ether oxygens (including phenoxy) is 1. The van der Waals surface area contributed by atoms with Gasteiger partial charge in [-0.1, -0.05) is 30.3 Å². The number of nitrogens with zero attached hydrogens (tertiary/aromatic N) is 1. The van der Waals surface area contributed by atoms with Crippen LogP contribution in [-0.4, -0.2) is 43.2 Å². The molecular weight excluding hydrogens is 338 g/mol. The van der Waals surface area contributed by atoms with Gasteiger partial charge in [-0.25, -0.2) is 0 Å². The first kappa shape index (κ1) is 18.0. The Kier molecular flexibility index (Phi) is 5.14. The Hall–Kier alpha value is -2.37. The van der Waals surface area contributed by atoms with Crippen molar-refractivity contribution in [1.82, 2.24) is 4.90 Å². The molecule has 4 rings (SSSR count). The van der Waals surface area contributed by atoms with Gasteiger partial charge in [-0.3, -0.25) is 9.69 Å². The second kappa shape index (κ2) is 7.71. The molecule has 0 spiro atoms. The Balaban J connectivity index is 1.44. The molecule has 2 aromatic carbocycles. The highest BCUT2D eigenvalue weighted by atomic mass is 16.5. The maximum atomic E-state index is 12.8. The van der Waals surface area contributed by atoms with Crippen LogP contribution in [0.3, 0.4) is 0 Å². The fourth-order valence-electron chi connectivity index (χ4n) is 3.92. The molecule has 1 amide bonds. The van der Waals surface area contributed by atoms with Crippen LogP contribution in [0.2, 0.25) is 0 Å². The minimum absolute atomic E-state index is 0.0252. The van der Waals surface area contributed by atoms with Gasteiger partial charge in [-0.2, -0.15) is 0 Å². The molecule has 0 radical (unpaired) electrons. The monoisotopic (exact) mass is 365 g/mol. The van der Waals surface area contributed by atoms with Crippen molar-refractivity contribution in [2.75, 3.05) is 36.9 Å². The van der Waals surface area contributed by atoms with Gasteiger partial charge in [0.25, 0.3) is 0 Å². The molecule has 2 aliphatic heterocycles. The standard InChI is InChI=1S/C22H27N3O2/c1-15-5-3-6-17-13-20(23-21(15)17)22(26)24-19-8-4-7-18(16(19)2)14-25-9-11-27-12-10-25/h3-8,20,23H,9-14H2,1-2H3,(H,24,26). The van der Waals surface area contributed by atoms with Gasteiger partial charge in [0.15, 0.2) is 0 Å². The van der Waals surface area contributed by atoms with Crippen molar-refractivity contribution in [1.29, 1.82) is 0 Å². The summed E-state index contributed by atoms with van der Waals surface area (Å²) in [7, 11) is 0. The number of nitrogens with one attached hydrogen (secondary N) is 2. The van der Waals surface area contributed by atoms with Gasteiger partial charge in [0, 0.05) is 37.4 Å². The number of carbonyl (C=O) groups excluding carboxylic acids is 1. The third-order valence-electron chi connectivity index (χ3n) is 5.62. The highest BCUT2D eigenvalue weighted by Crippen LogP contribution is 2.30. The lowest BCUT2D eigenvalue weighted by atomic mass is 10.0. The Morgan fingerprint density at radius 2 is 1.96 bits per heavy atom. The van der Waals surface area contributed by atoms with Gasteiger partial charge >= 0.3 is 0 Å². The van der Waals surface area contributed by atoms with E-state index in [-0.39, 0.29) is 11.9 Å². The summed E-state index contributed by atoms with van der Waals surface area (Å²) in [6.45, 7) is 8.56. The van der Waals surface area contributed by atoms with E-state index in [9.17, 15) is 4.79 Å². The van der Waals surface area contributed by atoms with Crippen LogP contribution in [0.4, 0.5) is 11.4 Å². The highest BCUT2D eigenvalue weighted by molar-refractivity contribution is 5.98. The quantitative estimate of drug-likeness (QED) is 0.874. The third kappa shape index (κ3) is 3.84. The zero-order valence-corrected chi connectivity index (χ0v) is 16.0. The summed E-state index contributed by atoms with van der Waals surface area (Å²) in [4.78, 5) is 15.2. The average Bonchev–Trinajstić information content (AvgIpc) is 3.12. The number of benzene rings is 2. The smallest absolute Gasteiger partial charge is 0.247 e. The van der Waals surface area contributed by atoms with Crippen molar-refractivity contribution in [3.8, 4) is 0 Å². The molecule has 1 saturated heterocycles. The van der Waals surface area contributed by atoms with E-state index in [0.717, 1.165) is 56.2 Å². The minimum atomic E-state index is -0.219. The van der Waals surface area contributed by atoms with Gasteiger partial charge in [-0.05, 0) is 42.2 Å². The summed E-state index contributed by atoms with van der Waals surface area (Å²) in [5.41, 5.74) is 6.81. The Labute approximate surface area is 160 Å². The van der Waals surface area contributed by atoms with Crippen molar-refractivity contribution < 1.29 is 9.53 Å². The minimum Gasteiger partial charge on any atom is -0.379 e. The van der Waals surface area contributed by atoms with Gasteiger partial charge in [0.05, 0.1) is 13.2 Å². The van der Waals surface area contributed by atoms with Crippen molar-refractivity contribution in [2.24, 2.45) is 0 Å². The summed E-state index contributed by atoms with van der Waals surface area (Å²) < 4.78 is 5.43. The van der Waals surface area contributed by atoms with Crippen LogP contribution in [0.5, 0.6) is 0 Å². The summed E-state index contributed by atoms with van der Waals surface area (Å²) >= 11 is 0. The Morgan fingerprint density at radius 1 is 1.19 bits per heavy atom. The van der Waals surface area contributed by atoms with Crippen molar-refractivity contribution in [2.45, 2.75) is 32.9 Å². The average molecular weight is 365 g/mol. The lowest BCUT2D eigenvalue weighted by Crippen LogP contribution is -2.36. The second-order valence-electron chi connectivity index (χ2n) is 7.48. The third-order valence-corrected chi connectivity index (χ3v) is 5.62. The maximum absolute atomic E-state index is 12.8. The van der Waals surface area contributed by atoms with Crippen LogP contribution in [0.15, 0.2) is 36.4 Å². The number of aryl methyl sites for hydroxylation is 1. The van der Waals surface area contributed by atoms with E-state index in [0.29, 0.717) is 0 Å². The largest absolute Gasteiger partial charge is 0.379 e. The van der Waals surface area contributed by atoms with E-state index in [2.05, 4.69) is 53.6 Å². The topological polar surface area (TPSA) is 53.6 Å². The van der Waals surface area contributed by atoms with E-state index in [4.69, 9.17) is 4.74 Å². The van der Waals surface area contributed by atoms with E-state index >= 15 is 0 Å². The first-order valence-corrected chi connectivity index (χ1v) is 9.66. The molecule has 2 aliphatic rings. The second-order valence-corrected chi connectivity index (χ2v) is 7.48.